The van der Waals surface area contributed by atoms with Gasteiger partial charge in [0, 0.05) is 0 Å². The van der Waals surface area contributed by atoms with Crippen LogP contribution < -0.4 is 0 Å². The van der Waals surface area contributed by atoms with E-state index >= 15 is 0 Å². The third-order valence-corrected chi connectivity index (χ3v) is 1.05. The van der Waals surface area contributed by atoms with E-state index in [9.17, 15) is 4.79 Å². The summed E-state index contributed by atoms with van der Waals surface area (Å²) in [6.45, 7) is 0. The topological polar surface area (TPSA) is 43.4 Å². The lowest BCUT2D eigenvalue weighted by Gasteiger charge is -2.12. The van der Waals surface area contributed by atoms with Crippen molar-refractivity contribution < 1.29 is 13.9 Å². The van der Waals surface area contributed by atoms with Crippen molar-refractivity contribution >= 4 is 5.78 Å². The molecule has 0 radical (unpaired) electrons. The Bertz CT molecular complexity index is 205. The molecule has 0 aromatic carbocycles. The molecule has 0 atom stereocenters. The largest absolute Gasteiger partial charge is 0.290 e. The van der Waals surface area contributed by atoms with Gasteiger partial charge in [-0.15, -0.1) is 0 Å². The average molecular weight is 98.1 g/mol. The van der Waals surface area contributed by atoms with E-state index in [0.717, 1.165) is 0 Å². The number of rotatable bonds is 0. The second-order valence-electron chi connectivity index (χ2n) is 1.52. The fraction of sp³-hybridized carbons (Fsp3) is 0.250. The molecule has 0 amide bonds. The van der Waals surface area contributed by atoms with Crippen LogP contribution in [0.1, 0.15) is 16.3 Å². The van der Waals surface area contributed by atoms with E-state index in [1.54, 1.807) is 0 Å². The second-order valence-corrected chi connectivity index (χ2v) is 1.52. The van der Waals surface area contributed by atoms with Crippen LogP contribution in [0.3, 0.4) is 0 Å². The maximum atomic E-state index is 10.2. The lowest BCUT2D eigenvalue weighted by atomic mass is 10.0. The summed E-state index contributed by atoms with van der Waals surface area (Å²) in [5.74, 6) is 1.20. The van der Waals surface area contributed by atoms with Crippen molar-refractivity contribution in [2.45, 2.75) is 6.42 Å². The predicted molar refractivity (Wildman–Crippen MR) is 19.0 cm³/mol. The molecule has 7 heavy (non-hydrogen) atoms. The molecule has 0 bridgehead atoms. The number of hydrogen-bond donors (Lipinski definition) is 0. The number of carbonyl (C=O) groups excluding carboxylic acids is 1. The van der Waals surface area contributed by atoms with Gasteiger partial charge in [-0.2, -0.15) is 0 Å². The smallest absolute Gasteiger partial charge is 0.265 e. The van der Waals surface area contributed by atoms with E-state index < -0.39 is 0 Å². The van der Waals surface area contributed by atoms with Crippen molar-refractivity contribution in [2.24, 2.45) is 0 Å². The van der Waals surface area contributed by atoms with Crippen LogP contribution in [0.2, 0.25) is 0 Å². The maximum Gasteiger partial charge on any atom is 0.265 e. The minimum atomic E-state index is 0.0567. The van der Waals surface area contributed by atoms with Gasteiger partial charge >= 0.3 is 0 Å². The van der Waals surface area contributed by atoms with Gasteiger partial charge in [0.15, 0.2) is 0 Å². The van der Waals surface area contributed by atoms with Crippen LogP contribution in [-0.2, 0) is 6.42 Å². The predicted octanol–water partition coefficient (Wildman–Crippen LogP) is 0.611. The van der Waals surface area contributed by atoms with Crippen LogP contribution in [0, 0.1) is 0 Å². The Kier molecular flexibility index (Phi) is 0.291. The van der Waals surface area contributed by atoms with Crippen molar-refractivity contribution in [2.75, 3.05) is 0 Å². The number of fused-ring (bicyclic) bond motifs is 1. The van der Waals surface area contributed by atoms with Gasteiger partial charge in [0.05, 0.1) is 6.42 Å². The van der Waals surface area contributed by atoms with Crippen LogP contribution in [-0.4, -0.2) is 5.78 Å². The number of Topliss-reactive ketones (excluding diaryl/α,β-unsaturated/α-hetero) is 1. The molecule has 0 spiro atoms. The first-order valence-electron chi connectivity index (χ1n) is 1.99. The minimum Gasteiger partial charge on any atom is -0.290 e. The molecule has 0 saturated heterocycles. The van der Waals surface area contributed by atoms with E-state index in [4.69, 9.17) is 0 Å². The lowest BCUT2D eigenvalue weighted by Crippen LogP contribution is -2.20. The fourth-order valence-electron chi connectivity index (χ4n) is 0.573. The van der Waals surface area contributed by atoms with E-state index in [2.05, 4.69) is 9.15 Å². The minimum absolute atomic E-state index is 0.0567. The van der Waals surface area contributed by atoms with Gasteiger partial charge in [0.2, 0.25) is 11.5 Å². The summed E-state index contributed by atoms with van der Waals surface area (Å²) in [5.41, 5.74) is 0. The zero-order valence-corrected chi connectivity index (χ0v) is 3.43. The van der Waals surface area contributed by atoms with Gasteiger partial charge in [0.25, 0.3) is 5.76 Å². The molecule has 0 fully saturated rings. The Balaban J connectivity index is 2.60. The first kappa shape index (κ1) is 3.07. The summed E-state index contributed by atoms with van der Waals surface area (Å²) >= 11 is 0. The van der Waals surface area contributed by atoms with Crippen molar-refractivity contribution in [3.63, 3.8) is 0 Å². The van der Waals surface area contributed by atoms with Crippen LogP contribution in [0.15, 0.2) is 9.15 Å². The summed E-state index contributed by atoms with van der Waals surface area (Å²) < 4.78 is 8.63. The molecule has 3 heteroatoms. The number of hydrogen-bond acceptors (Lipinski definition) is 3. The van der Waals surface area contributed by atoms with Crippen molar-refractivity contribution in [1.29, 1.82) is 0 Å². The van der Waals surface area contributed by atoms with Crippen LogP contribution in [0.4, 0.5) is 0 Å². The van der Waals surface area contributed by atoms with Gasteiger partial charge in [-0.1, -0.05) is 0 Å². The molecule has 1 aliphatic carbocycles. The molecule has 3 nitrogen and oxygen atoms in total. The Morgan fingerprint density at radius 2 is 2.29 bits per heavy atom. The first-order chi connectivity index (χ1) is 3.38. The zero-order valence-electron chi connectivity index (χ0n) is 3.43. The summed E-state index contributed by atoms with van der Waals surface area (Å²) in [5, 5.41) is 0. The fourth-order valence-corrected chi connectivity index (χ4v) is 0.573. The Morgan fingerprint density at radius 3 is 2.29 bits per heavy atom. The van der Waals surface area contributed by atoms with Crippen LogP contribution in [0.25, 0.3) is 0 Å². The van der Waals surface area contributed by atoms with Gasteiger partial charge in [-0.3, -0.25) is 13.9 Å². The second kappa shape index (κ2) is 0.665. The normalized spacial score (nSPS) is 16.3. The molecule has 1 aromatic rings. The molecule has 0 saturated carbocycles. The maximum absolute atomic E-state index is 10.2. The van der Waals surface area contributed by atoms with Crippen molar-refractivity contribution in [1.82, 2.24) is 0 Å². The third-order valence-electron chi connectivity index (χ3n) is 1.05. The van der Waals surface area contributed by atoms with Gasteiger partial charge < -0.3 is 0 Å². The molecule has 0 unspecified atom stereocenters. The highest BCUT2D eigenvalue weighted by Gasteiger charge is 2.34. The third kappa shape index (κ3) is 0.177. The number of ketones is 1. The van der Waals surface area contributed by atoms with E-state index in [1.165, 1.54) is 0 Å². The molecular formula is C4H2O3. The highest BCUT2D eigenvalue weighted by atomic mass is 17.0. The highest BCUT2D eigenvalue weighted by Crippen LogP contribution is 2.25. The summed E-state index contributed by atoms with van der Waals surface area (Å²) in [4.78, 5) is 10.2. The van der Waals surface area contributed by atoms with Crippen LogP contribution in [0.5, 0.6) is 0 Å². The van der Waals surface area contributed by atoms with Gasteiger partial charge in [-0.25, -0.2) is 0 Å². The Morgan fingerprint density at radius 1 is 1.43 bits per heavy atom. The summed E-state index contributed by atoms with van der Waals surface area (Å²) in [7, 11) is 0. The van der Waals surface area contributed by atoms with E-state index in [0.29, 0.717) is 17.9 Å². The van der Waals surface area contributed by atoms with Crippen molar-refractivity contribution in [3.05, 3.63) is 11.5 Å². The zero-order chi connectivity index (χ0) is 4.85. The molecule has 1 aromatic heterocycles. The SMILES string of the molecule is O=C1Cc2ooc21. The number of carbonyl (C=O) groups is 1. The van der Waals surface area contributed by atoms with Crippen LogP contribution >= 0.6 is 0 Å². The lowest BCUT2D eigenvalue weighted by molar-refractivity contribution is -0.0411. The monoisotopic (exact) mass is 98.0 g/mol. The van der Waals surface area contributed by atoms with Gasteiger partial charge in [-0.05, 0) is 0 Å². The Labute approximate surface area is 38.8 Å². The van der Waals surface area contributed by atoms with Crippen molar-refractivity contribution in [3.8, 4) is 0 Å². The summed E-state index contributed by atoms with van der Waals surface area (Å²) in [6.07, 6.45) is 0.440. The Hall–Kier alpha value is -0.990. The van der Waals surface area contributed by atoms with E-state index in [-0.39, 0.29) is 5.78 Å². The summed E-state index contributed by atoms with van der Waals surface area (Å²) in [6, 6.07) is 0. The molecule has 0 N–H and O–H groups in total. The molecule has 1 aliphatic rings. The average Bonchev–Trinajstić information content (AvgIpc) is 1.59. The molecule has 36 valence electrons. The quantitative estimate of drug-likeness (QED) is 0.446. The molecular weight excluding hydrogens is 96.0 g/mol. The standard InChI is InChI=1S/C4H2O3/c5-2-1-3-4(2)7-6-3/h1H2. The van der Waals surface area contributed by atoms with E-state index in [1.807, 2.05) is 0 Å². The highest BCUT2D eigenvalue weighted by molar-refractivity contribution is 6.02. The molecule has 2 rings (SSSR count). The molecule has 0 aliphatic heterocycles. The first-order valence-corrected chi connectivity index (χ1v) is 1.99. The van der Waals surface area contributed by atoms with Gasteiger partial charge in [0.1, 0.15) is 0 Å². The molecule has 1 heterocycles.